The standard InChI is InChI=1S/C14H13BrINOS/c1-17(7-10-6-14(15)19-9-10)8-13(18)11-2-4-12(16)5-3-11/h2-6,9H,7-8H2,1H3. The molecule has 1 heterocycles. The maximum atomic E-state index is 12.1. The zero-order chi connectivity index (χ0) is 13.8. The number of hydrogen-bond donors (Lipinski definition) is 0. The summed E-state index contributed by atoms with van der Waals surface area (Å²) in [5.74, 6) is 0.160. The van der Waals surface area contributed by atoms with Gasteiger partial charge in [0, 0.05) is 15.7 Å². The minimum Gasteiger partial charge on any atom is -0.295 e. The molecule has 0 unspecified atom stereocenters. The van der Waals surface area contributed by atoms with Crippen molar-refractivity contribution >= 4 is 55.6 Å². The van der Waals surface area contributed by atoms with Crippen LogP contribution in [0.25, 0.3) is 0 Å². The topological polar surface area (TPSA) is 20.3 Å². The van der Waals surface area contributed by atoms with Crippen LogP contribution in [-0.2, 0) is 6.54 Å². The van der Waals surface area contributed by atoms with Crippen molar-refractivity contribution in [3.63, 3.8) is 0 Å². The lowest BCUT2D eigenvalue weighted by molar-refractivity contribution is 0.0943. The summed E-state index contributed by atoms with van der Waals surface area (Å²) in [5, 5.41) is 2.11. The average Bonchev–Trinajstić information content (AvgIpc) is 2.75. The van der Waals surface area contributed by atoms with Crippen molar-refractivity contribution in [3.05, 3.63) is 54.2 Å². The third-order valence-electron chi connectivity index (χ3n) is 2.65. The first-order valence-corrected chi connectivity index (χ1v) is 8.50. The number of benzene rings is 1. The minimum absolute atomic E-state index is 0.160. The molecule has 0 bridgehead atoms. The van der Waals surface area contributed by atoms with E-state index in [4.69, 9.17) is 0 Å². The monoisotopic (exact) mass is 449 g/mol. The highest BCUT2D eigenvalue weighted by Crippen LogP contribution is 2.21. The molecule has 0 atom stereocenters. The Morgan fingerprint density at radius 1 is 1.37 bits per heavy atom. The molecule has 0 aliphatic carbocycles. The number of carbonyl (C=O) groups excluding carboxylic acids is 1. The van der Waals surface area contributed by atoms with Gasteiger partial charge in [-0.2, -0.15) is 0 Å². The molecule has 0 radical (unpaired) electrons. The van der Waals surface area contributed by atoms with Gasteiger partial charge in [0.1, 0.15) is 0 Å². The number of halogens is 2. The third-order valence-corrected chi connectivity index (χ3v) is 4.93. The van der Waals surface area contributed by atoms with Gasteiger partial charge in [-0.1, -0.05) is 12.1 Å². The predicted octanol–water partition coefficient (Wildman–Crippen LogP) is 4.43. The molecule has 0 saturated heterocycles. The van der Waals surface area contributed by atoms with E-state index in [1.807, 2.05) is 36.2 Å². The van der Waals surface area contributed by atoms with Crippen molar-refractivity contribution in [3.8, 4) is 0 Å². The molecule has 1 aromatic carbocycles. The second-order valence-corrected chi connectivity index (χ2v) is 7.90. The molecule has 0 amide bonds. The maximum Gasteiger partial charge on any atom is 0.176 e. The zero-order valence-electron chi connectivity index (χ0n) is 10.4. The molecule has 100 valence electrons. The third kappa shape index (κ3) is 4.66. The maximum absolute atomic E-state index is 12.1. The van der Waals surface area contributed by atoms with E-state index in [9.17, 15) is 4.79 Å². The van der Waals surface area contributed by atoms with E-state index in [-0.39, 0.29) is 5.78 Å². The van der Waals surface area contributed by atoms with Crippen LogP contribution in [0.3, 0.4) is 0 Å². The fraction of sp³-hybridized carbons (Fsp3) is 0.214. The van der Waals surface area contributed by atoms with E-state index in [0.717, 1.165) is 19.5 Å². The molecule has 19 heavy (non-hydrogen) atoms. The summed E-state index contributed by atoms with van der Waals surface area (Å²) in [6, 6.07) is 9.79. The molecule has 0 aliphatic heterocycles. The van der Waals surface area contributed by atoms with Crippen LogP contribution in [0.2, 0.25) is 0 Å². The fourth-order valence-electron chi connectivity index (χ4n) is 1.77. The molecule has 0 spiro atoms. The molecule has 2 nitrogen and oxygen atoms in total. The van der Waals surface area contributed by atoms with Crippen molar-refractivity contribution in [2.45, 2.75) is 6.54 Å². The Morgan fingerprint density at radius 2 is 2.05 bits per heavy atom. The number of carbonyl (C=O) groups is 1. The second kappa shape index (κ2) is 6.97. The van der Waals surface area contributed by atoms with Gasteiger partial charge in [-0.25, -0.2) is 0 Å². The van der Waals surface area contributed by atoms with Gasteiger partial charge >= 0.3 is 0 Å². The quantitative estimate of drug-likeness (QED) is 0.497. The Bertz CT molecular complexity index is 567. The molecule has 0 fully saturated rings. The highest BCUT2D eigenvalue weighted by atomic mass is 127. The molecular formula is C14H13BrINOS. The Hall–Kier alpha value is -0.240. The molecule has 0 N–H and O–H groups in total. The molecule has 2 aromatic rings. The highest BCUT2D eigenvalue weighted by molar-refractivity contribution is 14.1. The summed E-state index contributed by atoms with van der Waals surface area (Å²) in [7, 11) is 1.97. The fourth-order valence-corrected chi connectivity index (χ4v) is 3.33. The van der Waals surface area contributed by atoms with E-state index >= 15 is 0 Å². The van der Waals surface area contributed by atoms with Gasteiger partial charge in [0.05, 0.1) is 10.3 Å². The van der Waals surface area contributed by atoms with Gasteiger partial charge in [0.15, 0.2) is 5.78 Å². The van der Waals surface area contributed by atoms with E-state index in [2.05, 4.69) is 50.0 Å². The summed E-state index contributed by atoms with van der Waals surface area (Å²) < 4.78 is 2.27. The van der Waals surface area contributed by atoms with E-state index < -0.39 is 0 Å². The van der Waals surface area contributed by atoms with Crippen LogP contribution in [0.1, 0.15) is 15.9 Å². The first kappa shape index (κ1) is 15.2. The zero-order valence-corrected chi connectivity index (χ0v) is 15.0. The number of ketones is 1. The highest BCUT2D eigenvalue weighted by Gasteiger charge is 2.10. The number of likely N-dealkylation sites (N-methyl/N-ethyl adjacent to an activating group) is 1. The van der Waals surface area contributed by atoms with Gasteiger partial charge in [-0.15, -0.1) is 11.3 Å². The van der Waals surface area contributed by atoms with Gasteiger partial charge in [0.25, 0.3) is 0 Å². The molecular weight excluding hydrogens is 437 g/mol. The van der Waals surface area contributed by atoms with Crippen LogP contribution in [0.4, 0.5) is 0 Å². The van der Waals surface area contributed by atoms with Crippen molar-refractivity contribution in [1.29, 1.82) is 0 Å². The SMILES string of the molecule is CN(CC(=O)c1ccc(I)cc1)Cc1csc(Br)c1. The number of rotatable bonds is 5. The van der Waals surface area contributed by atoms with E-state index in [1.54, 1.807) is 11.3 Å². The Labute approximate surface area is 139 Å². The van der Waals surface area contributed by atoms with Crippen LogP contribution in [0, 0.1) is 3.57 Å². The summed E-state index contributed by atoms with van der Waals surface area (Å²) in [5.41, 5.74) is 2.01. The van der Waals surface area contributed by atoms with Gasteiger partial charge in [0.2, 0.25) is 0 Å². The van der Waals surface area contributed by atoms with Crippen LogP contribution < -0.4 is 0 Å². The summed E-state index contributed by atoms with van der Waals surface area (Å²) >= 11 is 7.35. The summed E-state index contributed by atoms with van der Waals surface area (Å²) in [6.07, 6.45) is 0. The van der Waals surface area contributed by atoms with Crippen molar-refractivity contribution in [2.75, 3.05) is 13.6 Å². The first-order valence-electron chi connectivity index (χ1n) is 5.75. The lowest BCUT2D eigenvalue weighted by Gasteiger charge is -2.14. The normalized spacial score (nSPS) is 10.9. The summed E-state index contributed by atoms with van der Waals surface area (Å²) in [4.78, 5) is 14.1. The van der Waals surface area contributed by atoms with E-state index in [0.29, 0.717) is 6.54 Å². The molecule has 0 saturated carbocycles. The van der Waals surface area contributed by atoms with Crippen molar-refractivity contribution < 1.29 is 4.79 Å². The average molecular weight is 450 g/mol. The Morgan fingerprint density at radius 3 is 2.63 bits per heavy atom. The van der Waals surface area contributed by atoms with E-state index in [1.165, 1.54) is 5.56 Å². The van der Waals surface area contributed by atoms with Gasteiger partial charge in [-0.3, -0.25) is 9.69 Å². The van der Waals surface area contributed by atoms with Crippen molar-refractivity contribution in [2.24, 2.45) is 0 Å². The van der Waals surface area contributed by atoms with Crippen LogP contribution in [0.5, 0.6) is 0 Å². The lowest BCUT2D eigenvalue weighted by Crippen LogP contribution is -2.25. The van der Waals surface area contributed by atoms with Crippen molar-refractivity contribution in [1.82, 2.24) is 4.90 Å². The van der Waals surface area contributed by atoms with Crippen LogP contribution >= 0.6 is 49.9 Å². The summed E-state index contributed by atoms with van der Waals surface area (Å²) in [6.45, 7) is 1.23. The number of thiophene rings is 1. The molecule has 5 heteroatoms. The van der Waals surface area contributed by atoms with Gasteiger partial charge < -0.3 is 0 Å². The van der Waals surface area contributed by atoms with Crippen LogP contribution in [-0.4, -0.2) is 24.3 Å². The molecule has 1 aromatic heterocycles. The Balaban J connectivity index is 1.93. The first-order chi connectivity index (χ1) is 9.04. The smallest absolute Gasteiger partial charge is 0.176 e. The second-order valence-electron chi connectivity index (χ2n) is 4.36. The minimum atomic E-state index is 0.160. The number of hydrogen-bond acceptors (Lipinski definition) is 3. The number of Topliss-reactive ketones (excluding diaryl/α,β-unsaturated/α-hetero) is 1. The molecule has 0 aliphatic rings. The predicted molar refractivity (Wildman–Crippen MR) is 91.8 cm³/mol. The molecule has 2 rings (SSSR count). The lowest BCUT2D eigenvalue weighted by atomic mass is 10.1. The number of nitrogens with zero attached hydrogens (tertiary/aromatic N) is 1. The van der Waals surface area contributed by atoms with Crippen LogP contribution in [0.15, 0.2) is 39.5 Å². The Kier molecular flexibility index (Phi) is 5.56. The largest absolute Gasteiger partial charge is 0.295 e. The van der Waals surface area contributed by atoms with Gasteiger partial charge in [-0.05, 0) is 74.7 Å².